The zero-order valence-corrected chi connectivity index (χ0v) is 17.4. The van der Waals surface area contributed by atoms with E-state index in [1.165, 1.54) is 11.3 Å². The highest BCUT2D eigenvalue weighted by molar-refractivity contribution is 7.12. The van der Waals surface area contributed by atoms with Crippen LogP contribution in [0.15, 0.2) is 41.8 Å². The molecule has 0 spiro atoms. The molecule has 2 rings (SSSR count). The number of anilines is 2. The van der Waals surface area contributed by atoms with E-state index in [0.717, 1.165) is 0 Å². The van der Waals surface area contributed by atoms with Gasteiger partial charge in [0, 0.05) is 17.8 Å². The van der Waals surface area contributed by atoms with Crippen LogP contribution in [0.3, 0.4) is 0 Å². The van der Waals surface area contributed by atoms with Crippen molar-refractivity contribution >= 4 is 40.4 Å². The molecule has 150 valence electrons. The number of hydrogen-bond donors (Lipinski definition) is 3. The molecule has 2 aromatic rings. The molecule has 0 saturated heterocycles. The summed E-state index contributed by atoms with van der Waals surface area (Å²) in [5, 5.41) is 10.3. The smallest absolute Gasteiger partial charge is 0.262 e. The number of hydrogen-bond acceptors (Lipinski definition) is 4. The maximum Gasteiger partial charge on any atom is 0.262 e. The van der Waals surface area contributed by atoms with Crippen molar-refractivity contribution in [3.05, 3.63) is 46.7 Å². The Labute approximate surface area is 169 Å². The van der Waals surface area contributed by atoms with Gasteiger partial charge in [-0.1, -0.05) is 33.8 Å². The van der Waals surface area contributed by atoms with Crippen LogP contribution in [0.5, 0.6) is 0 Å². The molecule has 6 nitrogen and oxygen atoms in total. The van der Waals surface area contributed by atoms with Crippen LogP contribution in [0.25, 0.3) is 0 Å². The highest BCUT2D eigenvalue weighted by atomic mass is 32.1. The molecule has 1 atom stereocenters. The second-order valence-corrected chi connectivity index (χ2v) is 8.33. The highest BCUT2D eigenvalue weighted by Gasteiger charge is 2.25. The average Bonchev–Trinajstić information content (AvgIpc) is 3.14. The second kappa shape index (κ2) is 10.0. The van der Waals surface area contributed by atoms with Crippen LogP contribution in [-0.4, -0.2) is 23.8 Å². The Morgan fingerprint density at radius 3 is 2.04 bits per heavy atom. The van der Waals surface area contributed by atoms with Gasteiger partial charge in [0.1, 0.15) is 6.04 Å². The summed E-state index contributed by atoms with van der Waals surface area (Å²) < 4.78 is 0. The first-order chi connectivity index (χ1) is 13.3. The van der Waals surface area contributed by atoms with Gasteiger partial charge in [-0.2, -0.15) is 0 Å². The second-order valence-electron chi connectivity index (χ2n) is 7.39. The number of rotatable bonds is 8. The molecule has 1 unspecified atom stereocenters. The quantitative estimate of drug-likeness (QED) is 0.622. The van der Waals surface area contributed by atoms with E-state index in [2.05, 4.69) is 16.0 Å². The number of nitrogens with one attached hydrogen (secondary N) is 3. The van der Waals surface area contributed by atoms with E-state index in [1.54, 1.807) is 36.4 Å². The van der Waals surface area contributed by atoms with Gasteiger partial charge >= 0.3 is 0 Å². The normalized spacial score (nSPS) is 11.9. The molecule has 28 heavy (non-hydrogen) atoms. The lowest BCUT2D eigenvalue weighted by molar-refractivity contribution is -0.119. The summed E-state index contributed by atoms with van der Waals surface area (Å²) in [6, 6.07) is 9.79. The Morgan fingerprint density at radius 1 is 0.929 bits per heavy atom. The lowest BCUT2D eigenvalue weighted by Gasteiger charge is -2.21. The Balaban J connectivity index is 1.97. The third-order valence-corrected chi connectivity index (χ3v) is 4.88. The van der Waals surface area contributed by atoms with Gasteiger partial charge in [-0.25, -0.2) is 0 Å². The lowest BCUT2D eigenvalue weighted by atomic mass is 10.0. The standard InChI is InChI=1S/C21H27N3O3S/c1-13(2)12-18(25)22-15-7-9-16(10-8-15)23-21(27)19(14(3)4)24-20(26)17-6-5-11-28-17/h5-11,13-14,19H,12H2,1-4H3,(H,22,25)(H,23,27)(H,24,26). The molecule has 0 aliphatic rings. The number of carbonyl (C=O) groups is 3. The monoisotopic (exact) mass is 401 g/mol. The maximum atomic E-state index is 12.7. The summed E-state index contributed by atoms with van der Waals surface area (Å²) in [6.45, 7) is 7.74. The number of amides is 3. The van der Waals surface area contributed by atoms with Crippen molar-refractivity contribution in [3.8, 4) is 0 Å². The molecule has 1 aromatic carbocycles. The van der Waals surface area contributed by atoms with E-state index in [1.807, 2.05) is 33.1 Å². The first kappa shape index (κ1) is 21.6. The Bertz CT molecular complexity index is 799. The Hall–Kier alpha value is -2.67. The number of benzene rings is 1. The molecule has 1 aromatic heterocycles. The molecule has 7 heteroatoms. The van der Waals surface area contributed by atoms with Gasteiger partial charge in [-0.05, 0) is 47.5 Å². The SMILES string of the molecule is CC(C)CC(=O)Nc1ccc(NC(=O)C(NC(=O)c2cccs2)C(C)C)cc1. The summed E-state index contributed by atoms with van der Waals surface area (Å²) in [5.41, 5.74) is 1.28. The van der Waals surface area contributed by atoms with Crippen LogP contribution < -0.4 is 16.0 Å². The van der Waals surface area contributed by atoms with E-state index < -0.39 is 6.04 Å². The zero-order chi connectivity index (χ0) is 20.7. The van der Waals surface area contributed by atoms with Crippen LogP contribution in [0, 0.1) is 11.8 Å². The van der Waals surface area contributed by atoms with E-state index in [-0.39, 0.29) is 29.6 Å². The number of carbonyl (C=O) groups excluding carboxylic acids is 3. The van der Waals surface area contributed by atoms with Crippen molar-refractivity contribution in [1.82, 2.24) is 5.32 Å². The first-order valence-corrected chi connectivity index (χ1v) is 10.2. The van der Waals surface area contributed by atoms with Gasteiger partial charge < -0.3 is 16.0 Å². The molecule has 0 aliphatic carbocycles. The van der Waals surface area contributed by atoms with E-state index in [4.69, 9.17) is 0 Å². The average molecular weight is 402 g/mol. The molecule has 0 aliphatic heterocycles. The van der Waals surface area contributed by atoms with Crippen LogP contribution in [0.4, 0.5) is 11.4 Å². The zero-order valence-electron chi connectivity index (χ0n) is 16.6. The fourth-order valence-corrected chi connectivity index (χ4v) is 3.22. The summed E-state index contributed by atoms with van der Waals surface area (Å²) in [6.07, 6.45) is 0.457. The van der Waals surface area contributed by atoms with Crippen LogP contribution in [0.1, 0.15) is 43.8 Å². The summed E-state index contributed by atoms with van der Waals surface area (Å²) >= 11 is 1.33. The summed E-state index contributed by atoms with van der Waals surface area (Å²) in [7, 11) is 0. The Morgan fingerprint density at radius 2 is 1.54 bits per heavy atom. The first-order valence-electron chi connectivity index (χ1n) is 9.31. The van der Waals surface area contributed by atoms with E-state index in [9.17, 15) is 14.4 Å². The van der Waals surface area contributed by atoms with Crippen LogP contribution >= 0.6 is 11.3 Å². The van der Waals surface area contributed by atoms with Gasteiger partial charge in [0.25, 0.3) is 5.91 Å². The van der Waals surface area contributed by atoms with Gasteiger partial charge in [0.2, 0.25) is 11.8 Å². The summed E-state index contributed by atoms with van der Waals surface area (Å²) in [4.78, 5) is 37.3. The minimum Gasteiger partial charge on any atom is -0.339 e. The number of thiophene rings is 1. The predicted octanol–water partition coefficient (Wildman–Crippen LogP) is 4.13. The molecule has 3 amide bonds. The van der Waals surface area contributed by atoms with Crippen LogP contribution in [-0.2, 0) is 9.59 Å². The molecular weight excluding hydrogens is 374 g/mol. The predicted molar refractivity (Wildman–Crippen MR) is 114 cm³/mol. The maximum absolute atomic E-state index is 12.7. The molecule has 0 saturated carbocycles. The van der Waals surface area contributed by atoms with Crippen LogP contribution in [0.2, 0.25) is 0 Å². The molecule has 0 fully saturated rings. The van der Waals surface area contributed by atoms with Crippen molar-refractivity contribution in [3.63, 3.8) is 0 Å². The molecule has 1 heterocycles. The van der Waals surface area contributed by atoms with Crippen molar-refractivity contribution in [2.45, 2.75) is 40.2 Å². The van der Waals surface area contributed by atoms with Gasteiger partial charge in [-0.15, -0.1) is 11.3 Å². The fraction of sp³-hybridized carbons (Fsp3) is 0.381. The largest absolute Gasteiger partial charge is 0.339 e. The summed E-state index contributed by atoms with van der Waals surface area (Å²) in [5.74, 6) is -0.360. The van der Waals surface area contributed by atoms with Crippen molar-refractivity contribution in [2.24, 2.45) is 11.8 Å². The molecular formula is C21H27N3O3S. The third kappa shape index (κ3) is 6.49. The molecule has 0 radical (unpaired) electrons. The topological polar surface area (TPSA) is 87.3 Å². The van der Waals surface area contributed by atoms with Gasteiger partial charge in [-0.3, -0.25) is 14.4 Å². The molecule has 3 N–H and O–H groups in total. The lowest BCUT2D eigenvalue weighted by Crippen LogP contribution is -2.46. The minimum atomic E-state index is -0.653. The minimum absolute atomic E-state index is 0.0389. The van der Waals surface area contributed by atoms with E-state index in [0.29, 0.717) is 22.7 Å². The third-order valence-electron chi connectivity index (χ3n) is 4.01. The Kier molecular flexibility index (Phi) is 7.75. The van der Waals surface area contributed by atoms with Crippen molar-refractivity contribution in [2.75, 3.05) is 10.6 Å². The van der Waals surface area contributed by atoms with Crippen molar-refractivity contribution in [1.29, 1.82) is 0 Å². The fourth-order valence-electron chi connectivity index (χ4n) is 2.59. The van der Waals surface area contributed by atoms with E-state index >= 15 is 0 Å². The molecule has 0 bridgehead atoms. The van der Waals surface area contributed by atoms with Crippen molar-refractivity contribution < 1.29 is 14.4 Å². The van der Waals surface area contributed by atoms with Gasteiger partial charge in [0.15, 0.2) is 0 Å². The van der Waals surface area contributed by atoms with Gasteiger partial charge in [0.05, 0.1) is 4.88 Å². The highest BCUT2D eigenvalue weighted by Crippen LogP contribution is 2.16.